The van der Waals surface area contributed by atoms with Crippen LogP contribution in [0.4, 0.5) is 0 Å². The molecular formula is C133H123Ir3N9O3-6. The van der Waals surface area contributed by atoms with Gasteiger partial charge >= 0.3 is 0 Å². The number of aryl methyl sites for hydroxylation is 9. The summed E-state index contributed by atoms with van der Waals surface area (Å²) in [6.07, 6.45) is 21.1. The molecule has 12 aromatic heterocycles. The van der Waals surface area contributed by atoms with Crippen LogP contribution in [0.2, 0.25) is 0 Å². The molecule has 0 N–H and O–H groups in total. The number of para-hydroxylation sites is 1. The Morgan fingerprint density at radius 2 is 0.824 bits per heavy atom. The molecule has 0 aliphatic heterocycles. The van der Waals surface area contributed by atoms with E-state index in [2.05, 4.69) is 353 Å². The molecule has 0 amide bonds. The van der Waals surface area contributed by atoms with Crippen LogP contribution in [0.15, 0.2) is 348 Å². The third-order valence-electron chi connectivity index (χ3n) is 26.3. The Hall–Kier alpha value is -14.1. The molecule has 3 unspecified atom stereocenters. The summed E-state index contributed by atoms with van der Waals surface area (Å²) >= 11 is 0. The van der Waals surface area contributed by atoms with Gasteiger partial charge in [0, 0.05) is 137 Å². The van der Waals surface area contributed by atoms with Crippen LogP contribution in [0.1, 0.15) is 188 Å². The van der Waals surface area contributed by atoms with Gasteiger partial charge in [-0.2, -0.15) is 0 Å². The van der Waals surface area contributed by atoms with Crippen LogP contribution in [0.3, 0.4) is 0 Å². The fourth-order valence-electron chi connectivity index (χ4n) is 18.4. The minimum absolute atomic E-state index is 0. The molecule has 0 saturated heterocycles. The third-order valence-corrected chi connectivity index (χ3v) is 26.3. The van der Waals surface area contributed by atoms with Crippen molar-refractivity contribution >= 4 is 65.8 Å². The number of fused-ring (bicyclic) bond motifs is 9. The van der Waals surface area contributed by atoms with Gasteiger partial charge in [-0.05, 0) is 233 Å². The zero-order chi connectivity index (χ0) is 102. The zero-order valence-electron chi connectivity index (χ0n) is 87.5. The summed E-state index contributed by atoms with van der Waals surface area (Å²) in [6.45, 7) is 41.0. The molecule has 12 heterocycles. The van der Waals surface area contributed by atoms with Gasteiger partial charge in [0.15, 0.2) is 0 Å². The molecule has 3 atom stereocenters. The predicted octanol–water partition coefficient (Wildman–Crippen LogP) is 34.1. The molecule has 0 aliphatic carbocycles. The van der Waals surface area contributed by atoms with Gasteiger partial charge in [-0.25, -0.2) is 0 Å². The number of aromatic nitrogens is 9. The van der Waals surface area contributed by atoms with Gasteiger partial charge in [-0.15, -0.1) is 125 Å². The van der Waals surface area contributed by atoms with E-state index in [1.807, 2.05) is 174 Å². The van der Waals surface area contributed by atoms with E-state index in [4.69, 9.17) is 33.2 Å². The van der Waals surface area contributed by atoms with Crippen molar-refractivity contribution in [1.29, 1.82) is 0 Å². The van der Waals surface area contributed by atoms with Gasteiger partial charge in [0.1, 0.15) is 16.7 Å². The number of furan rings is 3. The second kappa shape index (κ2) is 50.1. The van der Waals surface area contributed by atoms with E-state index >= 15 is 0 Å². The first kappa shape index (κ1) is 110. The molecule has 15 heteroatoms. The minimum Gasteiger partial charge on any atom is -0.500 e. The van der Waals surface area contributed by atoms with Gasteiger partial charge in [0.25, 0.3) is 0 Å². The molecule has 3 radical (unpaired) electrons. The largest absolute Gasteiger partial charge is 0.500 e. The minimum atomic E-state index is 0. The van der Waals surface area contributed by atoms with Crippen LogP contribution in [-0.2, 0) is 79.6 Å². The van der Waals surface area contributed by atoms with E-state index in [0.717, 1.165) is 192 Å². The molecule has 0 bridgehead atoms. The van der Waals surface area contributed by atoms with Crippen molar-refractivity contribution < 1.29 is 73.6 Å². The first-order valence-corrected chi connectivity index (χ1v) is 50.2. The van der Waals surface area contributed by atoms with E-state index < -0.39 is 0 Å². The number of nitrogens with zero attached hydrogens (tertiary/aromatic N) is 9. The van der Waals surface area contributed by atoms with Gasteiger partial charge in [0.2, 0.25) is 0 Å². The first-order valence-electron chi connectivity index (χ1n) is 50.2. The average molecular weight is 2470 g/mol. The fourth-order valence-corrected chi connectivity index (χ4v) is 18.4. The molecule has 12 nitrogen and oxygen atoms in total. The van der Waals surface area contributed by atoms with Crippen molar-refractivity contribution in [3.05, 3.63) is 472 Å². The van der Waals surface area contributed by atoms with Crippen molar-refractivity contribution in [3.63, 3.8) is 0 Å². The Balaban J connectivity index is 0.000000145. The Kier molecular flexibility index (Phi) is 37.1. The monoisotopic (exact) mass is 2470 g/mol. The number of benzene rings is 10. The topological polar surface area (TPSA) is 155 Å². The maximum atomic E-state index is 6.57. The van der Waals surface area contributed by atoms with Crippen molar-refractivity contribution in [2.45, 2.75) is 169 Å². The molecule has 22 rings (SSSR count). The van der Waals surface area contributed by atoms with E-state index in [1.165, 1.54) is 72.3 Å². The van der Waals surface area contributed by atoms with Gasteiger partial charge in [-0.1, -0.05) is 329 Å². The van der Waals surface area contributed by atoms with Crippen molar-refractivity contribution in [2.75, 3.05) is 0 Å². The van der Waals surface area contributed by atoms with Crippen LogP contribution >= 0.6 is 0 Å². The molecule has 0 fully saturated rings. The summed E-state index contributed by atoms with van der Waals surface area (Å²) in [5, 5.41) is 6.40. The van der Waals surface area contributed by atoms with Crippen molar-refractivity contribution in [1.82, 2.24) is 44.9 Å². The first-order chi connectivity index (χ1) is 70.1. The number of pyridine rings is 9. The van der Waals surface area contributed by atoms with Gasteiger partial charge in [0.05, 0.1) is 22.4 Å². The Morgan fingerprint density at radius 3 is 1.39 bits per heavy atom. The third kappa shape index (κ3) is 26.5. The van der Waals surface area contributed by atoms with Gasteiger partial charge in [-0.3, -0.25) is 4.98 Å². The smallest absolute Gasteiger partial charge is 0.143 e. The number of rotatable bonds is 18. The second-order valence-corrected chi connectivity index (χ2v) is 40.2. The molecule has 0 saturated carbocycles. The quantitative estimate of drug-likeness (QED) is 0.0751. The molecule has 148 heavy (non-hydrogen) atoms. The van der Waals surface area contributed by atoms with Crippen LogP contribution in [0.25, 0.3) is 144 Å². The normalized spacial score (nSPS) is 11.7. The van der Waals surface area contributed by atoms with E-state index in [0.29, 0.717) is 11.8 Å². The maximum absolute atomic E-state index is 6.57. The number of hydrogen-bond acceptors (Lipinski definition) is 12. The summed E-state index contributed by atoms with van der Waals surface area (Å²) in [5.41, 5.74) is 39.9. The standard InChI is InChI=1S/C31H23N2O.2C30H29N2O.C17H20N.C13H12N.C12H10N.3Ir/c1-20-17-27(32-18-25(20)23-13-7-4-8-14-23)26-19-33-30(21(2)22-11-5-3-6-12-22)29-24-15-9-10-16-28(24)34-31(26)29;1-19-16-25-23-12-9-13-24(26-17-21(14-15-31-26)18-30(3,4)5)28(23)33-29(25)27(32-19)20(2)22-10-7-6-8-11-22;1-18(2)13-24-14-27(32-16-19(24)3)26-17-31-21(5)29-25-12-11-23(15-28(25)33-30(26)29)20(4)22-9-7-6-8-10-22;1-12(2)9-16-10-17(18-11-14(16)4)15-7-5-13(3)6-8-15;1-10-3-6-12(7-4-10)13-8-5-11(2)9-14-13;1-10-7-8-12(13-9-10)11-5-3-2-4-6-11;;;/h3-18,21H,1-2H3;6-12,14-17,20H,18H2,1-5H3;6-12,14-16,18,20H,13H2,1-5H3;5-7,10-12H,9H2,1-4H3;3-6,8-9H,1-2H3;2-5,7-9H,1H3;;;/q6*-1;;;. The summed E-state index contributed by atoms with van der Waals surface area (Å²) in [6, 6.07) is 115. The van der Waals surface area contributed by atoms with Crippen LogP contribution < -0.4 is 0 Å². The predicted molar refractivity (Wildman–Crippen MR) is 596 cm³/mol. The maximum Gasteiger partial charge on any atom is 0.143 e. The van der Waals surface area contributed by atoms with Crippen molar-refractivity contribution in [3.8, 4) is 78.7 Å². The van der Waals surface area contributed by atoms with E-state index in [-0.39, 0.29) is 83.5 Å². The average Bonchev–Trinajstić information content (AvgIpc) is 1.55. The molecule has 751 valence electrons. The molecule has 22 aromatic rings. The molecule has 10 aromatic carbocycles. The summed E-state index contributed by atoms with van der Waals surface area (Å²) in [5.74, 6) is 1.75. The summed E-state index contributed by atoms with van der Waals surface area (Å²) in [7, 11) is 0. The second-order valence-electron chi connectivity index (χ2n) is 40.2. The fraction of sp³-hybridized carbons (Fsp3) is 0.211. The van der Waals surface area contributed by atoms with Crippen molar-refractivity contribution in [2.24, 2.45) is 17.3 Å². The Labute approximate surface area is 912 Å². The molecular weight excluding hydrogens is 2350 g/mol. The molecule has 0 aliphatic rings. The van der Waals surface area contributed by atoms with Gasteiger partial charge < -0.3 is 53.1 Å². The summed E-state index contributed by atoms with van der Waals surface area (Å²) < 4.78 is 19.5. The van der Waals surface area contributed by atoms with Crippen LogP contribution in [0, 0.1) is 116 Å². The number of hydrogen-bond donors (Lipinski definition) is 0. The van der Waals surface area contributed by atoms with E-state index in [9.17, 15) is 0 Å². The Bertz CT molecular complexity index is 8150. The summed E-state index contributed by atoms with van der Waals surface area (Å²) in [4.78, 5) is 41.8. The zero-order valence-corrected chi connectivity index (χ0v) is 94.7. The van der Waals surface area contributed by atoms with Crippen LogP contribution in [0.5, 0.6) is 0 Å². The SMILES string of the molecule is Cc1c[c-]c(-c2cc(CC(C)C)c(C)cn2)cc1.Cc1c[c-]c(-c2ccc(C)cn2)cc1.Cc1cc(-c2[c-]nc(C(C)c3ccccc3)c3c2oc2ccccc23)ncc1-c1ccccc1.Cc1cc2c(oc3c(-c4cc(CC(C)(C)C)ccn4)[c-]ccc32)c(C(C)c2ccccc2)n1.Cc1ccc(-c2[c-]cccc2)nc1.Cc1cnc(-c2[c-]nc(C)c3c2oc2cc(C(C)c4ccccc4)ccc23)cc1CC(C)C.[Ir].[Ir].[Ir]. The Morgan fingerprint density at radius 1 is 0.324 bits per heavy atom. The van der Waals surface area contributed by atoms with Crippen LogP contribution in [-0.4, -0.2) is 44.9 Å². The van der Waals surface area contributed by atoms with E-state index in [1.54, 1.807) is 0 Å². The molecule has 0 spiro atoms.